The highest BCUT2D eigenvalue weighted by atomic mass is 79.9. The summed E-state index contributed by atoms with van der Waals surface area (Å²) in [6.07, 6.45) is 2.81. The van der Waals surface area contributed by atoms with Crippen molar-refractivity contribution in [1.82, 2.24) is 15.2 Å². The average Bonchev–Trinajstić information content (AvgIpc) is 2.62. The number of halogens is 2. The first-order chi connectivity index (χ1) is 12.5. The van der Waals surface area contributed by atoms with Crippen molar-refractivity contribution in [3.63, 3.8) is 0 Å². The Kier molecular flexibility index (Phi) is 5.76. The first kappa shape index (κ1) is 18.6. The molecule has 0 radical (unpaired) electrons. The Bertz CT molecular complexity index is 788. The van der Waals surface area contributed by atoms with E-state index in [0.717, 1.165) is 10.0 Å². The van der Waals surface area contributed by atoms with E-state index in [0.29, 0.717) is 25.3 Å². The van der Waals surface area contributed by atoms with E-state index in [1.807, 2.05) is 47.9 Å². The predicted molar refractivity (Wildman–Crippen MR) is 104 cm³/mol. The van der Waals surface area contributed by atoms with Crippen molar-refractivity contribution in [3.8, 4) is 0 Å². The topological polar surface area (TPSA) is 48.5 Å². The van der Waals surface area contributed by atoms with Crippen molar-refractivity contribution in [1.29, 1.82) is 0 Å². The van der Waals surface area contributed by atoms with Crippen LogP contribution >= 0.6 is 15.9 Å². The standard InChI is InChI=1S/C19H22BrFN4O/c1-13-12-24(18-7-8-22-11-17(18)21)9-10-25(13)19(26)23-14(2)15-5-3-4-6-16(15)20/h3-8,11,13-14H,9-10,12H2,1-2H3,(H,23,26)/t13-,14-/m1/s1. The fourth-order valence-corrected chi connectivity index (χ4v) is 3.90. The number of carbonyl (C=O) groups excluding carboxylic acids is 1. The van der Waals surface area contributed by atoms with Gasteiger partial charge in [0.05, 0.1) is 17.9 Å². The number of pyridine rings is 1. The summed E-state index contributed by atoms with van der Waals surface area (Å²) in [5, 5.41) is 3.06. The molecule has 2 amide bonds. The van der Waals surface area contributed by atoms with Gasteiger partial charge in [0.25, 0.3) is 0 Å². The van der Waals surface area contributed by atoms with E-state index < -0.39 is 0 Å². The molecule has 0 bridgehead atoms. The van der Waals surface area contributed by atoms with Crippen LogP contribution in [0.15, 0.2) is 47.2 Å². The minimum absolute atomic E-state index is 0.0253. The van der Waals surface area contributed by atoms with Gasteiger partial charge >= 0.3 is 6.03 Å². The van der Waals surface area contributed by atoms with E-state index in [2.05, 4.69) is 26.2 Å². The van der Waals surface area contributed by atoms with Crippen LogP contribution in [0.25, 0.3) is 0 Å². The molecule has 1 aromatic heterocycles. The van der Waals surface area contributed by atoms with Crippen molar-refractivity contribution in [2.75, 3.05) is 24.5 Å². The van der Waals surface area contributed by atoms with E-state index >= 15 is 0 Å². The molecule has 0 spiro atoms. The summed E-state index contributed by atoms with van der Waals surface area (Å²) in [7, 11) is 0. The van der Waals surface area contributed by atoms with E-state index in [4.69, 9.17) is 0 Å². The third kappa shape index (κ3) is 3.98. The molecule has 3 rings (SSSR count). The lowest BCUT2D eigenvalue weighted by Crippen LogP contribution is -2.57. The molecule has 5 nitrogen and oxygen atoms in total. The van der Waals surface area contributed by atoms with Crippen LogP contribution in [0.1, 0.15) is 25.5 Å². The molecule has 2 heterocycles. The van der Waals surface area contributed by atoms with Gasteiger partial charge in [-0.2, -0.15) is 0 Å². The monoisotopic (exact) mass is 420 g/mol. The summed E-state index contributed by atoms with van der Waals surface area (Å²) >= 11 is 3.52. The van der Waals surface area contributed by atoms with Gasteiger partial charge in [-0.05, 0) is 31.5 Å². The first-order valence-electron chi connectivity index (χ1n) is 8.63. The van der Waals surface area contributed by atoms with Crippen molar-refractivity contribution in [2.24, 2.45) is 0 Å². The molecule has 1 fully saturated rings. The Hall–Kier alpha value is -2.15. The third-order valence-corrected chi connectivity index (χ3v) is 5.41. The number of hydrogen-bond donors (Lipinski definition) is 1. The second-order valence-corrected chi connectivity index (χ2v) is 7.36. The lowest BCUT2D eigenvalue weighted by atomic mass is 10.1. The quantitative estimate of drug-likeness (QED) is 0.816. The van der Waals surface area contributed by atoms with Crippen molar-refractivity contribution >= 4 is 27.6 Å². The number of urea groups is 1. The van der Waals surface area contributed by atoms with E-state index in [-0.39, 0.29) is 23.9 Å². The second-order valence-electron chi connectivity index (χ2n) is 6.51. The summed E-state index contributed by atoms with van der Waals surface area (Å²) in [6, 6.07) is 9.28. The minimum atomic E-state index is -0.333. The van der Waals surface area contributed by atoms with Gasteiger partial charge in [-0.1, -0.05) is 34.1 Å². The molecule has 1 aliphatic rings. The molecule has 2 aromatic rings. The highest BCUT2D eigenvalue weighted by Crippen LogP contribution is 2.24. The molecule has 2 atom stereocenters. The number of amides is 2. The fourth-order valence-electron chi connectivity index (χ4n) is 3.27. The molecule has 138 valence electrons. The van der Waals surface area contributed by atoms with Crippen molar-refractivity contribution in [3.05, 3.63) is 58.6 Å². The maximum absolute atomic E-state index is 14.0. The van der Waals surface area contributed by atoms with Gasteiger partial charge in [0.15, 0.2) is 5.82 Å². The molecule has 7 heteroatoms. The molecule has 0 saturated carbocycles. The van der Waals surface area contributed by atoms with Crippen LogP contribution in [0, 0.1) is 5.82 Å². The van der Waals surface area contributed by atoms with Gasteiger partial charge in [-0.15, -0.1) is 0 Å². The minimum Gasteiger partial charge on any atom is -0.365 e. The summed E-state index contributed by atoms with van der Waals surface area (Å²) in [5.74, 6) is -0.333. The molecular formula is C19H22BrFN4O. The van der Waals surface area contributed by atoms with Crippen LogP contribution < -0.4 is 10.2 Å². The van der Waals surface area contributed by atoms with Gasteiger partial charge in [-0.25, -0.2) is 9.18 Å². The Balaban J connectivity index is 1.63. The van der Waals surface area contributed by atoms with Gasteiger partial charge in [0, 0.05) is 36.3 Å². The molecular weight excluding hydrogens is 399 g/mol. The SMILES string of the molecule is C[C@@H]1CN(c2ccncc2F)CCN1C(=O)N[C@H](C)c1ccccc1Br. The molecule has 1 saturated heterocycles. The Labute approximate surface area is 161 Å². The maximum Gasteiger partial charge on any atom is 0.318 e. The third-order valence-electron chi connectivity index (χ3n) is 4.69. The van der Waals surface area contributed by atoms with Gasteiger partial charge in [-0.3, -0.25) is 4.98 Å². The van der Waals surface area contributed by atoms with Crippen LogP contribution in [0.2, 0.25) is 0 Å². The van der Waals surface area contributed by atoms with Gasteiger partial charge in [0.1, 0.15) is 0 Å². The number of aromatic nitrogens is 1. The molecule has 1 aliphatic heterocycles. The fraction of sp³-hybridized carbons (Fsp3) is 0.368. The average molecular weight is 421 g/mol. The summed E-state index contributed by atoms with van der Waals surface area (Å²) in [4.78, 5) is 20.3. The van der Waals surface area contributed by atoms with E-state index in [9.17, 15) is 9.18 Å². The number of nitrogens with one attached hydrogen (secondary N) is 1. The Morgan fingerprint density at radius 3 is 2.81 bits per heavy atom. The first-order valence-corrected chi connectivity index (χ1v) is 9.42. The summed E-state index contributed by atoms with van der Waals surface area (Å²) in [6.45, 7) is 5.65. The van der Waals surface area contributed by atoms with Crippen LogP contribution in [0.3, 0.4) is 0 Å². The number of carbonyl (C=O) groups is 1. The summed E-state index contributed by atoms with van der Waals surface area (Å²) < 4.78 is 14.9. The molecule has 0 unspecified atom stereocenters. The number of anilines is 1. The smallest absolute Gasteiger partial charge is 0.318 e. The lowest BCUT2D eigenvalue weighted by molar-refractivity contribution is 0.168. The normalized spacial score (nSPS) is 18.5. The molecule has 26 heavy (non-hydrogen) atoms. The number of nitrogens with zero attached hydrogens (tertiary/aromatic N) is 3. The van der Waals surface area contributed by atoms with Crippen LogP contribution in [-0.2, 0) is 0 Å². The highest BCUT2D eigenvalue weighted by Gasteiger charge is 2.29. The number of hydrogen-bond acceptors (Lipinski definition) is 3. The van der Waals surface area contributed by atoms with Crippen molar-refractivity contribution < 1.29 is 9.18 Å². The Morgan fingerprint density at radius 1 is 1.35 bits per heavy atom. The zero-order chi connectivity index (χ0) is 18.7. The zero-order valence-electron chi connectivity index (χ0n) is 14.8. The number of rotatable bonds is 3. The Morgan fingerprint density at radius 2 is 2.12 bits per heavy atom. The van der Waals surface area contributed by atoms with E-state index in [1.165, 1.54) is 6.20 Å². The molecule has 1 N–H and O–H groups in total. The van der Waals surface area contributed by atoms with E-state index in [1.54, 1.807) is 12.3 Å². The molecule has 0 aliphatic carbocycles. The number of benzene rings is 1. The van der Waals surface area contributed by atoms with Gasteiger partial charge in [0.2, 0.25) is 0 Å². The number of piperazine rings is 1. The lowest BCUT2D eigenvalue weighted by Gasteiger charge is -2.41. The maximum atomic E-state index is 14.0. The van der Waals surface area contributed by atoms with Crippen LogP contribution in [0.5, 0.6) is 0 Å². The predicted octanol–water partition coefficient (Wildman–Crippen LogP) is 3.96. The second kappa shape index (κ2) is 8.03. The van der Waals surface area contributed by atoms with Crippen LogP contribution in [-0.4, -0.2) is 41.6 Å². The van der Waals surface area contributed by atoms with Crippen molar-refractivity contribution in [2.45, 2.75) is 25.9 Å². The zero-order valence-corrected chi connectivity index (χ0v) is 16.4. The van der Waals surface area contributed by atoms with Gasteiger partial charge < -0.3 is 15.1 Å². The summed E-state index contributed by atoms with van der Waals surface area (Å²) in [5.41, 5.74) is 1.57. The highest BCUT2D eigenvalue weighted by molar-refractivity contribution is 9.10. The largest absolute Gasteiger partial charge is 0.365 e. The van der Waals surface area contributed by atoms with Crippen LogP contribution in [0.4, 0.5) is 14.9 Å². The molecule has 1 aromatic carbocycles.